The lowest BCUT2D eigenvalue weighted by Crippen LogP contribution is -2.16. The van der Waals surface area contributed by atoms with E-state index in [1.807, 2.05) is 29.0 Å². The van der Waals surface area contributed by atoms with Crippen LogP contribution in [0.25, 0.3) is 10.2 Å². The lowest BCUT2D eigenvalue weighted by atomic mass is 10.2. The first kappa shape index (κ1) is 16.7. The van der Waals surface area contributed by atoms with Gasteiger partial charge in [0.15, 0.2) is 4.80 Å². The Morgan fingerprint density at radius 3 is 2.92 bits per heavy atom. The van der Waals surface area contributed by atoms with Gasteiger partial charge in [0.05, 0.1) is 15.8 Å². The van der Waals surface area contributed by atoms with Crippen molar-refractivity contribution in [3.8, 4) is 0 Å². The minimum absolute atomic E-state index is 0.301. The largest absolute Gasteiger partial charge is 0.312 e. The van der Waals surface area contributed by atoms with Crippen LogP contribution in [-0.4, -0.2) is 16.7 Å². The van der Waals surface area contributed by atoms with E-state index >= 15 is 0 Å². The van der Waals surface area contributed by atoms with Crippen LogP contribution in [-0.2, 0) is 6.54 Å². The van der Waals surface area contributed by atoms with E-state index in [-0.39, 0.29) is 11.7 Å². The summed E-state index contributed by atoms with van der Waals surface area (Å²) in [6.07, 6.45) is 3.65. The van der Waals surface area contributed by atoms with Gasteiger partial charge in [0, 0.05) is 11.4 Å². The molecule has 1 amide bonds. The topological polar surface area (TPSA) is 34.4 Å². The third-order valence-corrected chi connectivity index (χ3v) is 5.33. The van der Waals surface area contributed by atoms with Crippen LogP contribution >= 0.6 is 23.1 Å². The Balaban J connectivity index is 2.17. The molecule has 0 fully saturated rings. The summed E-state index contributed by atoms with van der Waals surface area (Å²) < 4.78 is 16.1. The van der Waals surface area contributed by atoms with Crippen molar-refractivity contribution in [2.75, 3.05) is 6.26 Å². The number of fused-ring (bicyclic) bond motifs is 1. The Labute approximate surface area is 147 Å². The van der Waals surface area contributed by atoms with Crippen LogP contribution in [0.5, 0.6) is 0 Å². The molecule has 0 aliphatic rings. The smallest absolute Gasteiger partial charge is 0.280 e. The average molecular weight is 358 g/mol. The second kappa shape index (κ2) is 7.15. The highest BCUT2D eigenvalue weighted by Gasteiger charge is 2.12. The van der Waals surface area contributed by atoms with Crippen molar-refractivity contribution in [2.24, 2.45) is 4.99 Å². The second-order valence-corrected chi connectivity index (χ2v) is 6.87. The van der Waals surface area contributed by atoms with E-state index < -0.39 is 0 Å². The van der Waals surface area contributed by atoms with Gasteiger partial charge in [-0.05, 0) is 36.6 Å². The van der Waals surface area contributed by atoms with E-state index in [2.05, 4.69) is 11.6 Å². The van der Waals surface area contributed by atoms with Crippen molar-refractivity contribution in [1.82, 2.24) is 4.57 Å². The molecule has 0 aliphatic heterocycles. The van der Waals surface area contributed by atoms with E-state index in [1.165, 1.54) is 35.2 Å². The summed E-state index contributed by atoms with van der Waals surface area (Å²) in [6.45, 7) is 4.25. The highest BCUT2D eigenvalue weighted by molar-refractivity contribution is 7.98. The molecule has 0 radical (unpaired) electrons. The highest BCUT2D eigenvalue weighted by Crippen LogP contribution is 2.21. The fourth-order valence-corrected chi connectivity index (χ4v) is 4.06. The number of carbonyl (C=O) groups is 1. The van der Waals surface area contributed by atoms with Crippen molar-refractivity contribution in [1.29, 1.82) is 0 Å². The van der Waals surface area contributed by atoms with Gasteiger partial charge in [-0.25, -0.2) is 4.39 Å². The number of thiazole rings is 1. The van der Waals surface area contributed by atoms with E-state index in [0.717, 1.165) is 15.1 Å². The Hall–Kier alpha value is -2.18. The number of carbonyl (C=O) groups excluding carboxylic acids is 1. The Morgan fingerprint density at radius 1 is 1.38 bits per heavy atom. The zero-order valence-corrected chi connectivity index (χ0v) is 14.7. The minimum Gasteiger partial charge on any atom is -0.312 e. The number of hydrogen-bond donors (Lipinski definition) is 0. The van der Waals surface area contributed by atoms with Gasteiger partial charge in [-0.3, -0.25) is 4.79 Å². The number of nitrogens with zero attached hydrogens (tertiary/aromatic N) is 2. The van der Waals surface area contributed by atoms with Gasteiger partial charge >= 0.3 is 0 Å². The number of allylic oxidation sites excluding steroid dienone is 1. The molecule has 3 rings (SSSR count). The van der Waals surface area contributed by atoms with Gasteiger partial charge in [0.2, 0.25) is 0 Å². The molecule has 2 aromatic carbocycles. The van der Waals surface area contributed by atoms with Crippen molar-refractivity contribution >= 4 is 39.2 Å². The number of halogens is 1. The summed E-state index contributed by atoms with van der Waals surface area (Å²) in [7, 11) is 0. The standard InChI is InChI=1S/C18H15FN2OS2/c1-3-10-21-14-9-8-12(19)11-16(14)24-18(21)20-17(22)13-6-4-5-7-15(13)23-2/h3-9,11H,1,10H2,2H3. The van der Waals surface area contributed by atoms with Gasteiger partial charge < -0.3 is 4.57 Å². The maximum atomic E-state index is 13.5. The van der Waals surface area contributed by atoms with Crippen molar-refractivity contribution in [2.45, 2.75) is 11.4 Å². The monoisotopic (exact) mass is 358 g/mol. The van der Waals surface area contributed by atoms with E-state index in [9.17, 15) is 9.18 Å². The average Bonchev–Trinajstić information content (AvgIpc) is 2.91. The first-order valence-corrected chi connectivity index (χ1v) is 9.30. The summed E-state index contributed by atoms with van der Waals surface area (Å²) in [6, 6.07) is 11.9. The molecule has 3 nitrogen and oxygen atoms in total. The molecule has 0 saturated heterocycles. The molecule has 122 valence electrons. The van der Waals surface area contributed by atoms with Gasteiger partial charge in [0.25, 0.3) is 5.91 Å². The van der Waals surface area contributed by atoms with Crippen LogP contribution in [0, 0.1) is 5.82 Å². The molecule has 0 atom stereocenters. The molecule has 3 aromatic rings. The third kappa shape index (κ3) is 3.20. The van der Waals surface area contributed by atoms with Gasteiger partial charge in [-0.2, -0.15) is 4.99 Å². The number of benzene rings is 2. The van der Waals surface area contributed by atoms with Crippen molar-refractivity contribution < 1.29 is 9.18 Å². The fourth-order valence-electron chi connectivity index (χ4n) is 2.41. The third-order valence-electron chi connectivity index (χ3n) is 3.49. The molecule has 0 bridgehead atoms. The molecular weight excluding hydrogens is 343 g/mol. The summed E-state index contributed by atoms with van der Waals surface area (Å²) >= 11 is 2.80. The van der Waals surface area contributed by atoms with Crippen LogP contribution in [0.4, 0.5) is 4.39 Å². The second-order valence-electron chi connectivity index (χ2n) is 5.01. The predicted molar refractivity (Wildman–Crippen MR) is 98.1 cm³/mol. The molecule has 0 N–H and O–H groups in total. The molecule has 1 aromatic heterocycles. The van der Waals surface area contributed by atoms with E-state index in [0.29, 0.717) is 16.9 Å². The first-order chi connectivity index (χ1) is 11.6. The molecule has 24 heavy (non-hydrogen) atoms. The number of amides is 1. The van der Waals surface area contributed by atoms with Crippen LogP contribution in [0.1, 0.15) is 10.4 Å². The van der Waals surface area contributed by atoms with E-state index in [4.69, 9.17) is 0 Å². The van der Waals surface area contributed by atoms with Crippen LogP contribution in [0.3, 0.4) is 0 Å². The molecule has 1 heterocycles. The lowest BCUT2D eigenvalue weighted by Gasteiger charge is -2.03. The zero-order valence-electron chi connectivity index (χ0n) is 13.0. The van der Waals surface area contributed by atoms with Crippen LogP contribution in [0.15, 0.2) is 65.0 Å². The van der Waals surface area contributed by atoms with Crippen molar-refractivity contribution in [3.05, 3.63) is 71.3 Å². The fraction of sp³-hybridized carbons (Fsp3) is 0.111. The molecule has 6 heteroatoms. The first-order valence-electron chi connectivity index (χ1n) is 7.26. The number of thioether (sulfide) groups is 1. The maximum Gasteiger partial charge on any atom is 0.280 e. The summed E-state index contributed by atoms with van der Waals surface area (Å²) in [4.78, 5) is 18.3. The molecule has 0 saturated carbocycles. The van der Waals surface area contributed by atoms with Gasteiger partial charge in [0.1, 0.15) is 5.82 Å². The minimum atomic E-state index is -0.305. The summed E-state index contributed by atoms with van der Waals surface area (Å²) in [5.41, 5.74) is 1.41. The van der Waals surface area contributed by atoms with Crippen molar-refractivity contribution in [3.63, 3.8) is 0 Å². The van der Waals surface area contributed by atoms with E-state index in [1.54, 1.807) is 18.2 Å². The number of hydrogen-bond acceptors (Lipinski definition) is 3. The Bertz CT molecular complexity index is 988. The normalized spacial score (nSPS) is 11.8. The lowest BCUT2D eigenvalue weighted by molar-refractivity contribution is 0.0995. The highest BCUT2D eigenvalue weighted by atomic mass is 32.2. The number of aromatic nitrogens is 1. The van der Waals surface area contributed by atoms with Gasteiger partial charge in [-0.1, -0.05) is 29.5 Å². The molecule has 0 aliphatic carbocycles. The molecule has 0 unspecified atom stereocenters. The quantitative estimate of drug-likeness (QED) is 0.509. The maximum absolute atomic E-state index is 13.5. The van der Waals surface area contributed by atoms with Crippen LogP contribution in [0.2, 0.25) is 0 Å². The summed E-state index contributed by atoms with van der Waals surface area (Å²) in [5.74, 6) is -0.607. The predicted octanol–water partition coefficient (Wildman–Crippen LogP) is 4.49. The Morgan fingerprint density at radius 2 is 2.17 bits per heavy atom. The Kier molecular flexibility index (Phi) is 4.97. The molecular formula is C18H15FN2OS2. The van der Waals surface area contributed by atoms with Crippen LogP contribution < -0.4 is 4.80 Å². The van der Waals surface area contributed by atoms with Gasteiger partial charge in [-0.15, -0.1) is 18.3 Å². The zero-order chi connectivity index (χ0) is 17.1. The number of rotatable bonds is 4. The molecule has 0 spiro atoms. The summed E-state index contributed by atoms with van der Waals surface area (Å²) in [5, 5.41) is 0. The SMILES string of the molecule is C=CCn1c(=NC(=O)c2ccccc2SC)sc2cc(F)ccc21.